The number of ether oxygens (including phenoxy) is 2. The van der Waals surface area contributed by atoms with E-state index in [4.69, 9.17) is 49.6 Å². The van der Waals surface area contributed by atoms with Crippen molar-refractivity contribution in [2.75, 3.05) is 32.7 Å². The Labute approximate surface area is 282 Å². The van der Waals surface area contributed by atoms with Crippen molar-refractivity contribution >= 4 is 54.5 Å². The molecule has 2 aliphatic heterocycles. The summed E-state index contributed by atoms with van der Waals surface area (Å²) in [6.07, 6.45) is -2.12. The predicted octanol–water partition coefficient (Wildman–Crippen LogP) is 0.863. The van der Waals surface area contributed by atoms with E-state index >= 15 is 0 Å². The highest BCUT2D eigenvalue weighted by molar-refractivity contribution is 8.07. The number of nitrogens with one attached hydrogen (secondary N) is 1. The van der Waals surface area contributed by atoms with Gasteiger partial charge in [-0.2, -0.15) is 0 Å². The quantitative estimate of drug-likeness (QED) is 0.207. The Bertz CT molecular complexity index is 2100. The second-order valence-corrected chi connectivity index (χ2v) is 16.8. The van der Waals surface area contributed by atoms with Crippen LogP contribution in [-0.2, 0) is 48.5 Å². The number of nitrogens with two attached hydrogens (primary N) is 1. The van der Waals surface area contributed by atoms with Crippen molar-refractivity contribution < 1.29 is 46.7 Å². The van der Waals surface area contributed by atoms with E-state index < -0.39 is 68.3 Å². The number of anilines is 1. The molecule has 49 heavy (non-hydrogen) atoms. The summed E-state index contributed by atoms with van der Waals surface area (Å²) in [5, 5.41) is 11.7. The third-order valence-corrected chi connectivity index (χ3v) is 12.7. The molecular weight excluding hydrogens is 708 g/mol. The summed E-state index contributed by atoms with van der Waals surface area (Å²) in [7, 11) is -3.04. The normalized spacial score (nSPS) is 39.3. The number of imidazole rings is 2. The summed E-state index contributed by atoms with van der Waals surface area (Å²) < 4.78 is 59.5. The maximum atomic E-state index is 14.5. The molecule has 6 heterocycles. The van der Waals surface area contributed by atoms with E-state index in [1.54, 1.807) is 18.4 Å². The summed E-state index contributed by atoms with van der Waals surface area (Å²) in [6, 6.07) is -0.668. The van der Waals surface area contributed by atoms with Crippen LogP contribution in [0.1, 0.15) is 31.4 Å². The maximum absolute atomic E-state index is 14.5. The number of hydrogen-bond acceptors (Lipinski definition) is 17. The molecule has 23 heteroatoms. The number of aromatic nitrogens is 8. The van der Waals surface area contributed by atoms with Crippen molar-refractivity contribution in [2.24, 2.45) is 11.3 Å². The standard InChI is InChI=1S/C26H33N9O11P2S/c1-4-41-47(38)43-7-26-5-12(26)16(34-9-30-14-21(27)28-8-29-22(14)34)17(36)20(26)46-48(39,49)42-6-13-18(40-3)19(45-47)25(44-13)35-10-31-15-23(35)32-11(2)33-24(15)37/h8-10,12-13,16-20,25,36H,4-7H2,1-3H3,(H,39,49)(H2,27,28,29)(H,32,33,37)/t12-,13-,16-,17+,18-,19-,20+,25-,26-,47+,48?/m1/s1. The first-order valence-corrected chi connectivity index (χ1v) is 19.4. The van der Waals surface area contributed by atoms with Crippen LogP contribution < -0.4 is 11.3 Å². The van der Waals surface area contributed by atoms with Crippen LogP contribution in [0.15, 0.2) is 23.8 Å². The van der Waals surface area contributed by atoms with Crippen LogP contribution in [0, 0.1) is 18.3 Å². The van der Waals surface area contributed by atoms with Crippen molar-refractivity contribution in [3.05, 3.63) is 35.2 Å². The molecular formula is C26H33N9O11P2S. The Morgan fingerprint density at radius 3 is 2.71 bits per heavy atom. The summed E-state index contributed by atoms with van der Waals surface area (Å²) in [5.74, 6) is 0.162. The van der Waals surface area contributed by atoms with Crippen LogP contribution >= 0.6 is 14.5 Å². The molecule has 2 saturated carbocycles. The number of phosphoric ester groups is 1. The third-order valence-electron chi connectivity index (χ3n) is 9.59. The van der Waals surface area contributed by atoms with Gasteiger partial charge < -0.3 is 43.8 Å². The van der Waals surface area contributed by atoms with Gasteiger partial charge in [-0.1, -0.05) is 0 Å². The van der Waals surface area contributed by atoms with Crippen LogP contribution in [0.3, 0.4) is 0 Å². The molecule has 1 spiro atoms. The van der Waals surface area contributed by atoms with E-state index in [2.05, 4.69) is 29.9 Å². The average Bonchev–Trinajstić information content (AvgIpc) is 3.35. The van der Waals surface area contributed by atoms with Crippen molar-refractivity contribution in [3.63, 3.8) is 0 Å². The fourth-order valence-electron chi connectivity index (χ4n) is 7.39. The molecule has 264 valence electrons. The monoisotopic (exact) mass is 741 g/mol. The molecule has 4 fully saturated rings. The minimum Gasteiger partial charge on any atom is -0.388 e. The molecule has 2 aliphatic carbocycles. The highest BCUT2D eigenvalue weighted by Gasteiger charge is 2.74. The minimum atomic E-state index is -4.43. The lowest BCUT2D eigenvalue weighted by molar-refractivity contribution is -0.0636. The van der Waals surface area contributed by atoms with Crippen LogP contribution in [0.4, 0.5) is 5.82 Å². The van der Waals surface area contributed by atoms with Gasteiger partial charge in [-0.05, 0) is 38.0 Å². The van der Waals surface area contributed by atoms with E-state index in [1.807, 2.05) is 0 Å². The van der Waals surface area contributed by atoms with Gasteiger partial charge in [0, 0.05) is 12.5 Å². The lowest BCUT2D eigenvalue weighted by atomic mass is 10.0. The molecule has 11 atom stereocenters. The number of nitrogens with zero attached hydrogens (tertiary/aromatic N) is 7. The number of aliphatic hydroxyl groups excluding tert-OH is 1. The SMILES string of the molecule is CCO[P@@]1(=O)OC[C@]23C[C@@H]2[C@@H](n2cnc4c(N)ncnc42)[C@H](O)[C@@H]3OP(O)(=S)OC[C@H]2O[C@@H](n3cnc4c(=O)[nH]c(C)nc43)[C@H](O1)[C@@H]2OC. The van der Waals surface area contributed by atoms with Crippen molar-refractivity contribution in [1.82, 2.24) is 39.0 Å². The van der Waals surface area contributed by atoms with E-state index in [0.29, 0.717) is 23.4 Å². The van der Waals surface area contributed by atoms with Crippen molar-refractivity contribution in [3.8, 4) is 0 Å². The Kier molecular flexibility index (Phi) is 8.10. The summed E-state index contributed by atoms with van der Waals surface area (Å²) in [6.45, 7) is -1.54. The highest BCUT2D eigenvalue weighted by atomic mass is 32.5. The molecule has 1 unspecified atom stereocenters. The van der Waals surface area contributed by atoms with E-state index in [9.17, 15) is 19.4 Å². The van der Waals surface area contributed by atoms with E-state index in [0.717, 1.165) is 0 Å². The second-order valence-electron chi connectivity index (χ2n) is 12.3. The smallest absolute Gasteiger partial charge is 0.388 e. The molecule has 20 nitrogen and oxygen atoms in total. The number of aliphatic hydroxyl groups is 1. The fourth-order valence-corrected chi connectivity index (χ4v) is 10.3. The molecule has 5 N–H and O–H groups in total. The fraction of sp³-hybridized carbons (Fsp3) is 0.615. The summed E-state index contributed by atoms with van der Waals surface area (Å²) in [4.78, 5) is 47.9. The zero-order valence-electron chi connectivity index (χ0n) is 26.3. The Hall–Kier alpha value is -2.78. The van der Waals surface area contributed by atoms with Gasteiger partial charge in [0.05, 0.1) is 38.5 Å². The number of rotatable bonds is 5. The van der Waals surface area contributed by atoms with Gasteiger partial charge in [-0.3, -0.25) is 22.9 Å². The van der Waals surface area contributed by atoms with Crippen LogP contribution in [0.25, 0.3) is 22.3 Å². The van der Waals surface area contributed by atoms with Crippen LogP contribution in [0.5, 0.6) is 0 Å². The first-order valence-electron chi connectivity index (χ1n) is 15.3. The Morgan fingerprint density at radius 1 is 1.16 bits per heavy atom. The van der Waals surface area contributed by atoms with Crippen LogP contribution in [0.2, 0.25) is 0 Å². The van der Waals surface area contributed by atoms with Gasteiger partial charge in [0.1, 0.15) is 48.2 Å². The van der Waals surface area contributed by atoms with Gasteiger partial charge in [-0.25, -0.2) is 29.5 Å². The number of methoxy groups -OCH3 is 1. The average molecular weight is 742 g/mol. The van der Waals surface area contributed by atoms with Gasteiger partial charge >= 0.3 is 14.5 Å². The van der Waals surface area contributed by atoms with Crippen molar-refractivity contribution in [1.29, 1.82) is 0 Å². The number of nitrogen functional groups attached to an aromatic ring is 1. The second kappa shape index (κ2) is 11.9. The molecule has 8 rings (SSSR count). The molecule has 4 aromatic heterocycles. The van der Waals surface area contributed by atoms with Gasteiger partial charge in [0.2, 0.25) is 0 Å². The number of aromatic amines is 1. The lowest BCUT2D eigenvalue weighted by Crippen LogP contribution is -2.38. The molecule has 2 bridgehead atoms. The zero-order valence-corrected chi connectivity index (χ0v) is 28.9. The first-order chi connectivity index (χ1) is 23.4. The Morgan fingerprint density at radius 2 is 1.94 bits per heavy atom. The molecule has 0 aromatic carbocycles. The first kappa shape index (κ1) is 33.4. The minimum absolute atomic E-state index is 0.0404. The largest absolute Gasteiger partial charge is 0.475 e. The zero-order chi connectivity index (χ0) is 34.5. The van der Waals surface area contributed by atoms with Gasteiger partial charge in [-0.15, -0.1) is 0 Å². The number of aryl methyl sites for hydroxylation is 1. The molecule has 0 radical (unpaired) electrons. The number of phosphoric acid groups is 1. The summed E-state index contributed by atoms with van der Waals surface area (Å²) >= 11 is 5.46. The highest BCUT2D eigenvalue weighted by Crippen LogP contribution is 2.72. The number of hydrogen-bond donors (Lipinski definition) is 4. The van der Waals surface area contributed by atoms with E-state index in [1.165, 1.54) is 30.7 Å². The third kappa shape index (κ3) is 5.39. The number of fused-ring (bicyclic) bond motifs is 4. The molecule has 0 amide bonds. The number of H-pyrrole nitrogens is 1. The molecule has 4 aromatic rings. The van der Waals surface area contributed by atoms with Gasteiger partial charge in [0.15, 0.2) is 28.9 Å². The Balaban J connectivity index is 1.18. The topological polar surface area (TPSA) is 255 Å². The van der Waals surface area contributed by atoms with Crippen molar-refractivity contribution in [2.45, 2.75) is 63.1 Å². The molecule has 2 saturated heterocycles. The van der Waals surface area contributed by atoms with Crippen LogP contribution in [-0.4, -0.2) is 106 Å². The predicted molar refractivity (Wildman–Crippen MR) is 170 cm³/mol. The summed E-state index contributed by atoms with van der Waals surface area (Å²) in [5.41, 5.74) is 5.50. The molecule has 4 aliphatic rings. The van der Waals surface area contributed by atoms with Gasteiger partial charge in [0.25, 0.3) is 5.56 Å². The lowest BCUT2D eigenvalue weighted by Gasteiger charge is -2.32. The van der Waals surface area contributed by atoms with E-state index in [-0.39, 0.29) is 42.7 Å². The maximum Gasteiger partial charge on any atom is 0.475 e.